The van der Waals surface area contributed by atoms with Crippen LogP contribution in [0.2, 0.25) is 0 Å². The SMILES string of the molecule is NC(=O)N1CC(N)CC(CC(=O)O)C1. The molecule has 6 heteroatoms. The zero-order valence-electron chi connectivity index (χ0n) is 7.85. The van der Waals surface area contributed by atoms with Crippen LogP contribution in [0.15, 0.2) is 0 Å². The van der Waals surface area contributed by atoms with Gasteiger partial charge in [0.1, 0.15) is 0 Å². The first kappa shape index (κ1) is 10.8. The van der Waals surface area contributed by atoms with E-state index >= 15 is 0 Å². The second-order valence-electron chi connectivity index (χ2n) is 3.70. The lowest BCUT2D eigenvalue weighted by atomic mass is 9.92. The van der Waals surface area contributed by atoms with Crippen molar-refractivity contribution in [3.05, 3.63) is 0 Å². The molecule has 1 heterocycles. The first-order valence-electron chi connectivity index (χ1n) is 4.50. The van der Waals surface area contributed by atoms with Crippen molar-refractivity contribution in [2.45, 2.75) is 18.9 Å². The van der Waals surface area contributed by atoms with Crippen LogP contribution < -0.4 is 11.5 Å². The number of rotatable bonds is 2. The van der Waals surface area contributed by atoms with Crippen molar-refractivity contribution in [3.8, 4) is 0 Å². The minimum absolute atomic E-state index is 0.0392. The van der Waals surface area contributed by atoms with E-state index < -0.39 is 12.0 Å². The molecule has 0 radical (unpaired) electrons. The molecule has 14 heavy (non-hydrogen) atoms. The quantitative estimate of drug-likeness (QED) is 0.542. The number of carbonyl (C=O) groups is 2. The largest absolute Gasteiger partial charge is 0.481 e. The summed E-state index contributed by atoms with van der Waals surface area (Å²) >= 11 is 0. The maximum atomic E-state index is 10.9. The first-order chi connectivity index (χ1) is 6.49. The van der Waals surface area contributed by atoms with Crippen molar-refractivity contribution in [2.24, 2.45) is 17.4 Å². The number of likely N-dealkylation sites (tertiary alicyclic amines) is 1. The van der Waals surface area contributed by atoms with Gasteiger partial charge in [0.2, 0.25) is 0 Å². The highest BCUT2D eigenvalue weighted by molar-refractivity contribution is 5.72. The van der Waals surface area contributed by atoms with Gasteiger partial charge in [0, 0.05) is 25.6 Å². The molecule has 80 valence electrons. The summed E-state index contributed by atoms with van der Waals surface area (Å²) in [4.78, 5) is 22.8. The summed E-state index contributed by atoms with van der Waals surface area (Å²) in [5, 5.41) is 8.60. The number of nitrogens with zero attached hydrogens (tertiary/aromatic N) is 1. The summed E-state index contributed by atoms with van der Waals surface area (Å²) in [5.41, 5.74) is 10.8. The number of nitrogens with two attached hydrogens (primary N) is 2. The average Bonchev–Trinajstić information content (AvgIpc) is 2.01. The van der Waals surface area contributed by atoms with Crippen molar-refractivity contribution in [1.29, 1.82) is 0 Å². The number of aliphatic carboxylic acids is 1. The number of hydrogen-bond donors (Lipinski definition) is 3. The molecule has 1 fully saturated rings. The highest BCUT2D eigenvalue weighted by Crippen LogP contribution is 2.18. The van der Waals surface area contributed by atoms with Crippen molar-refractivity contribution in [2.75, 3.05) is 13.1 Å². The van der Waals surface area contributed by atoms with E-state index in [0.29, 0.717) is 19.5 Å². The van der Waals surface area contributed by atoms with Gasteiger partial charge in [-0.15, -0.1) is 0 Å². The van der Waals surface area contributed by atoms with Gasteiger partial charge in [-0.25, -0.2) is 4.79 Å². The minimum atomic E-state index is -0.867. The molecule has 0 aromatic rings. The van der Waals surface area contributed by atoms with Crippen LogP contribution >= 0.6 is 0 Å². The fraction of sp³-hybridized carbons (Fsp3) is 0.750. The number of urea groups is 1. The van der Waals surface area contributed by atoms with Gasteiger partial charge in [-0.3, -0.25) is 4.79 Å². The summed E-state index contributed by atoms with van der Waals surface area (Å²) in [6.45, 7) is 0.820. The van der Waals surface area contributed by atoms with E-state index in [1.807, 2.05) is 0 Å². The number of carbonyl (C=O) groups excluding carboxylic acids is 1. The van der Waals surface area contributed by atoms with E-state index in [4.69, 9.17) is 16.6 Å². The number of hydrogen-bond acceptors (Lipinski definition) is 3. The summed E-state index contributed by atoms with van der Waals surface area (Å²) in [5.74, 6) is -0.947. The van der Waals surface area contributed by atoms with Crippen molar-refractivity contribution >= 4 is 12.0 Å². The number of carboxylic acid groups (broad SMARTS) is 1. The van der Waals surface area contributed by atoms with Crippen LogP contribution in [0.25, 0.3) is 0 Å². The van der Waals surface area contributed by atoms with Gasteiger partial charge in [-0.1, -0.05) is 0 Å². The molecule has 0 bridgehead atoms. The normalized spacial score (nSPS) is 27.4. The average molecular weight is 201 g/mol. The molecule has 5 N–H and O–H groups in total. The summed E-state index contributed by atoms with van der Waals surface area (Å²) < 4.78 is 0. The van der Waals surface area contributed by atoms with E-state index in [9.17, 15) is 9.59 Å². The van der Waals surface area contributed by atoms with Gasteiger partial charge < -0.3 is 21.5 Å². The molecule has 0 saturated carbocycles. The van der Waals surface area contributed by atoms with Crippen molar-refractivity contribution in [1.82, 2.24) is 4.90 Å². The van der Waals surface area contributed by atoms with Crippen LogP contribution in [0.3, 0.4) is 0 Å². The van der Waals surface area contributed by atoms with Gasteiger partial charge in [-0.2, -0.15) is 0 Å². The van der Waals surface area contributed by atoms with E-state index in [0.717, 1.165) is 0 Å². The molecule has 1 saturated heterocycles. The smallest absolute Gasteiger partial charge is 0.314 e. The molecule has 1 aliphatic heterocycles. The van der Waals surface area contributed by atoms with Crippen molar-refractivity contribution < 1.29 is 14.7 Å². The van der Waals surface area contributed by atoms with Crippen molar-refractivity contribution in [3.63, 3.8) is 0 Å². The molecule has 1 rings (SSSR count). The summed E-state index contributed by atoms with van der Waals surface area (Å²) in [6.07, 6.45) is 0.674. The summed E-state index contributed by atoms with van der Waals surface area (Å²) in [6, 6.07) is -0.698. The Morgan fingerprint density at radius 1 is 1.43 bits per heavy atom. The number of piperidine rings is 1. The fourth-order valence-corrected chi connectivity index (χ4v) is 1.82. The second kappa shape index (κ2) is 4.28. The predicted molar refractivity (Wildman–Crippen MR) is 49.5 cm³/mol. The Hall–Kier alpha value is -1.30. The Morgan fingerprint density at radius 3 is 2.57 bits per heavy atom. The van der Waals surface area contributed by atoms with Gasteiger partial charge in [0.25, 0.3) is 0 Å². The lowest BCUT2D eigenvalue weighted by molar-refractivity contribution is -0.138. The molecule has 2 atom stereocenters. The molecular weight excluding hydrogens is 186 g/mol. The van der Waals surface area contributed by atoms with Crippen LogP contribution in [0.5, 0.6) is 0 Å². The lowest BCUT2D eigenvalue weighted by Gasteiger charge is -2.34. The molecule has 0 aromatic carbocycles. The third-order valence-corrected chi connectivity index (χ3v) is 2.34. The van der Waals surface area contributed by atoms with Crippen LogP contribution in [0.4, 0.5) is 4.79 Å². The first-order valence-corrected chi connectivity index (χ1v) is 4.50. The van der Waals surface area contributed by atoms with Gasteiger partial charge in [-0.05, 0) is 12.3 Å². The topological polar surface area (TPSA) is 110 Å². The zero-order valence-corrected chi connectivity index (χ0v) is 7.85. The van der Waals surface area contributed by atoms with E-state index in [1.165, 1.54) is 4.90 Å². The molecule has 0 aliphatic carbocycles. The number of primary amides is 1. The third-order valence-electron chi connectivity index (χ3n) is 2.34. The van der Waals surface area contributed by atoms with Gasteiger partial charge in [0.15, 0.2) is 0 Å². The van der Waals surface area contributed by atoms with E-state index in [2.05, 4.69) is 0 Å². The second-order valence-corrected chi connectivity index (χ2v) is 3.70. The van der Waals surface area contributed by atoms with E-state index in [1.54, 1.807) is 0 Å². The van der Waals surface area contributed by atoms with Gasteiger partial charge in [0.05, 0.1) is 0 Å². The van der Waals surface area contributed by atoms with E-state index in [-0.39, 0.29) is 18.4 Å². The van der Waals surface area contributed by atoms with Crippen LogP contribution in [0, 0.1) is 5.92 Å². The zero-order chi connectivity index (χ0) is 10.7. The molecular formula is C8H15N3O3. The van der Waals surface area contributed by atoms with Crippen LogP contribution in [0.1, 0.15) is 12.8 Å². The Labute approximate surface area is 81.8 Å². The molecule has 1 aliphatic rings. The highest BCUT2D eigenvalue weighted by Gasteiger charge is 2.28. The Balaban J connectivity index is 2.53. The molecule has 2 unspecified atom stereocenters. The Morgan fingerprint density at radius 2 is 2.07 bits per heavy atom. The standard InChI is InChI=1S/C8H15N3O3/c9-6-1-5(2-7(12)13)3-11(4-6)8(10)14/h5-6H,1-4,9H2,(H2,10,14)(H,12,13). The lowest BCUT2D eigenvalue weighted by Crippen LogP contribution is -2.51. The molecule has 6 nitrogen and oxygen atoms in total. The minimum Gasteiger partial charge on any atom is -0.481 e. The van der Waals surface area contributed by atoms with Gasteiger partial charge >= 0.3 is 12.0 Å². The maximum Gasteiger partial charge on any atom is 0.314 e. The maximum absolute atomic E-state index is 10.9. The molecule has 0 aromatic heterocycles. The molecule has 0 spiro atoms. The Kier molecular flexibility index (Phi) is 3.29. The highest BCUT2D eigenvalue weighted by atomic mass is 16.4. The predicted octanol–water partition coefficient (Wildman–Crippen LogP) is -0.811. The third kappa shape index (κ3) is 2.88. The van der Waals surface area contributed by atoms with Crippen LogP contribution in [-0.4, -0.2) is 41.1 Å². The number of amides is 2. The number of carboxylic acids is 1. The summed E-state index contributed by atoms with van der Waals surface area (Å²) in [7, 11) is 0. The fourth-order valence-electron chi connectivity index (χ4n) is 1.82. The van der Waals surface area contributed by atoms with Crippen LogP contribution in [-0.2, 0) is 4.79 Å². The molecule has 2 amide bonds. The monoisotopic (exact) mass is 201 g/mol. The Bertz CT molecular complexity index is 244.